The second kappa shape index (κ2) is 8.24. The Kier molecular flexibility index (Phi) is 6.32. The van der Waals surface area contributed by atoms with E-state index in [1.54, 1.807) is 29.5 Å². The van der Waals surface area contributed by atoms with E-state index in [1.807, 2.05) is 24.4 Å². The van der Waals surface area contributed by atoms with Crippen LogP contribution in [0, 0.1) is 5.82 Å². The molecular weight excluding hydrogens is 289 g/mol. The standard InChI is InChI=1S/C16H20FNO2S/c1-12(15-6-2-3-7-16(15)17)18-9-13(19)10-20-11-14-5-4-8-21-14/h2-8,12-13,18-19H,9-11H2,1H3. The Bertz CT molecular complexity index is 533. The van der Waals surface area contributed by atoms with E-state index in [0.29, 0.717) is 18.7 Å². The molecule has 0 aliphatic rings. The minimum atomic E-state index is -0.612. The number of aliphatic hydroxyl groups is 1. The van der Waals surface area contributed by atoms with Crippen molar-refractivity contribution >= 4 is 11.3 Å². The van der Waals surface area contributed by atoms with Gasteiger partial charge in [-0.2, -0.15) is 0 Å². The zero-order chi connectivity index (χ0) is 15.1. The molecule has 2 N–H and O–H groups in total. The number of nitrogens with one attached hydrogen (secondary N) is 1. The summed E-state index contributed by atoms with van der Waals surface area (Å²) in [4.78, 5) is 1.13. The quantitative estimate of drug-likeness (QED) is 0.787. The highest BCUT2D eigenvalue weighted by atomic mass is 32.1. The molecule has 0 radical (unpaired) electrons. The lowest BCUT2D eigenvalue weighted by atomic mass is 10.1. The lowest BCUT2D eigenvalue weighted by Crippen LogP contribution is -2.32. The first-order chi connectivity index (χ1) is 10.2. The summed E-state index contributed by atoms with van der Waals surface area (Å²) in [6, 6.07) is 10.5. The number of ether oxygens (including phenoxy) is 1. The molecule has 0 aliphatic carbocycles. The van der Waals surface area contributed by atoms with Crippen LogP contribution in [-0.4, -0.2) is 24.4 Å². The molecule has 0 bridgehead atoms. The van der Waals surface area contributed by atoms with Gasteiger partial charge < -0.3 is 15.2 Å². The monoisotopic (exact) mass is 309 g/mol. The van der Waals surface area contributed by atoms with Crippen molar-refractivity contribution < 1.29 is 14.2 Å². The first-order valence-electron chi connectivity index (χ1n) is 6.93. The molecule has 3 nitrogen and oxygen atoms in total. The molecule has 0 saturated heterocycles. The average molecular weight is 309 g/mol. The summed E-state index contributed by atoms with van der Waals surface area (Å²) < 4.78 is 19.0. The molecule has 2 rings (SSSR count). The summed E-state index contributed by atoms with van der Waals surface area (Å²) in [7, 11) is 0. The second-order valence-electron chi connectivity index (χ2n) is 4.90. The molecule has 1 aromatic heterocycles. The van der Waals surface area contributed by atoms with Gasteiger partial charge in [0.2, 0.25) is 0 Å². The number of benzene rings is 1. The Labute approximate surface area is 128 Å². The van der Waals surface area contributed by atoms with Gasteiger partial charge >= 0.3 is 0 Å². The van der Waals surface area contributed by atoms with Crippen LogP contribution in [0.4, 0.5) is 4.39 Å². The van der Waals surface area contributed by atoms with Gasteiger partial charge in [-0.25, -0.2) is 4.39 Å². The van der Waals surface area contributed by atoms with Crippen molar-refractivity contribution in [3.63, 3.8) is 0 Å². The molecule has 21 heavy (non-hydrogen) atoms. The second-order valence-corrected chi connectivity index (χ2v) is 5.93. The predicted octanol–water partition coefficient (Wildman–Crippen LogP) is 3.12. The maximum absolute atomic E-state index is 13.6. The maximum Gasteiger partial charge on any atom is 0.127 e. The third kappa shape index (κ3) is 5.21. The molecule has 0 amide bonds. The first kappa shape index (κ1) is 16.1. The van der Waals surface area contributed by atoms with Crippen molar-refractivity contribution in [2.45, 2.75) is 25.7 Å². The third-order valence-electron chi connectivity index (χ3n) is 3.17. The minimum Gasteiger partial charge on any atom is -0.389 e. The van der Waals surface area contributed by atoms with Gasteiger partial charge in [-0.1, -0.05) is 24.3 Å². The van der Waals surface area contributed by atoms with Crippen molar-refractivity contribution in [2.24, 2.45) is 0 Å². The van der Waals surface area contributed by atoms with E-state index in [4.69, 9.17) is 4.74 Å². The van der Waals surface area contributed by atoms with Gasteiger partial charge in [-0.15, -0.1) is 11.3 Å². The Morgan fingerprint density at radius 1 is 1.29 bits per heavy atom. The molecule has 5 heteroatoms. The van der Waals surface area contributed by atoms with E-state index in [-0.39, 0.29) is 18.5 Å². The lowest BCUT2D eigenvalue weighted by Gasteiger charge is -2.18. The van der Waals surface area contributed by atoms with Gasteiger partial charge in [0.25, 0.3) is 0 Å². The molecule has 0 saturated carbocycles. The summed E-state index contributed by atoms with van der Waals surface area (Å²) in [5, 5.41) is 15.0. The molecule has 0 fully saturated rings. The molecule has 1 heterocycles. The summed E-state index contributed by atoms with van der Waals surface area (Å²) >= 11 is 1.63. The van der Waals surface area contributed by atoms with E-state index >= 15 is 0 Å². The highest BCUT2D eigenvalue weighted by Gasteiger charge is 2.12. The van der Waals surface area contributed by atoms with Crippen LogP contribution in [0.15, 0.2) is 41.8 Å². The van der Waals surface area contributed by atoms with Gasteiger partial charge in [-0.05, 0) is 24.4 Å². The van der Waals surface area contributed by atoms with Crippen molar-refractivity contribution in [2.75, 3.05) is 13.2 Å². The van der Waals surface area contributed by atoms with E-state index < -0.39 is 6.10 Å². The predicted molar refractivity (Wildman–Crippen MR) is 82.8 cm³/mol. The number of aliphatic hydroxyl groups excluding tert-OH is 1. The topological polar surface area (TPSA) is 41.5 Å². The molecule has 2 aromatic rings. The van der Waals surface area contributed by atoms with Gasteiger partial charge in [0.15, 0.2) is 0 Å². The molecule has 114 valence electrons. The third-order valence-corrected chi connectivity index (χ3v) is 4.02. The van der Waals surface area contributed by atoms with Crippen molar-refractivity contribution in [3.8, 4) is 0 Å². The molecular formula is C16H20FNO2S. The lowest BCUT2D eigenvalue weighted by molar-refractivity contribution is 0.0287. The highest BCUT2D eigenvalue weighted by molar-refractivity contribution is 7.09. The van der Waals surface area contributed by atoms with Crippen molar-refractivity contribution in [3.05, 3.63) is 58.0 Å². The number of thiophene rings is 1. The summed E-state index contributed by atoms with van der Waals surface area (Å²) in [6.45, 7) is 3.00. The van der Waals surface area contributed by atoms with Crippen molar-refractivity contribution in [1.82, 2.24) is 5.32 Å². The van der Waals surface area contributed by atoms with Crippen LogP contribution in [0.25, 0.3) is 0 Å². The summed E-state index contributed by atoms with van der Waals surface area (Å²) in [5.74, 6) is -0.235. The molecule has 2 unspecified atom stereocenters. The normalized spacial score (nSPS) is 14.0. The smallest absolute Gasteiger partial charge is 0.127 e. The fraction of sp³-hybridized carbons (Fsp3) is 0.375. The maximum atomic E-state index is 13.6. The Morgan fingerprint density at radius 3 is 2.81 bits per heavy atom. The van der Waals surface area contributed by atoms with Crippen molar-refractivity contribution in [1.29, 1.82) is 0 Å². The number of hydrogen-bond donors (Lipinski definition) is 2. The van der Waals surface area contributed by atoms with Crippen LogP contribution in [0.5, 0.6) is 0 Å². The van der Waals surface area contributed by atoms with E-state index in [2.05, 4.69) is 5.32 Å². The molecule has 1 aromatic carbocycles. The van der Waals surface area contributed by atoms with Crippen LogP contribution in [0.2, 0.25) is 0 Å². The van der Waals surface area contributed by atoms with Crippen LogP contribution >= 0.6 is 11.3 Å². The van der Waals surface area contributed by atoms with Gasteiger partial charge in [-0.3, -0.25) is 0 Å². The average Bonchev–Trinajstić information content (AvgIpc) is 2.98. The number of hydrogen-bond acceptors (Lipinski definition) is 4. The summed E-state index contributed by atoms with van der Waals surface area (Å²) in [6.07, 6.45) is -0.612. The van der Waals surface area contributed by atoms with E-state index in [0.717, 1.165) is 4.88 Å². The zero-order valence-corrected chi connectivity index (χ0v) is 12.8. The fourth-order valence-electron chi connectivity index (χ4n) is 2.00. The largest absolute Gasteiger partial charge is 0.389 e. The molecule has 2 atom stereocenters. The molecule has 0 aliphatic heterocycles. The summed E-state index contributed by atoms with van der Waals surface area (Å²) in [5.41, 5.74) is 0.601. The van der Waals surface area contributed by atoms with Gasteiger partial charge in [0.05, 0.1) is 19.3 Å². The Balaban J connectivity index is 1.68. The van der Waals surface area contributed by atoms with Gasteiger partial charge in [0.1, 0.15) is 5.82 Å². The van der Waals surface area contributed by atoms with Crippen LogP contribution in [0.3, 0.4) is 0 Å². The SMILES string of the molecule is CC(NCC(O)COCc1cccs1)c1ccccc1F. The number of halogens is 1. The van der Waals surface area contributed by atoms with E-state index in [1.165, 1.54) is 6.07 Å². The van der Waals surface area contributed by atoms with Gasteiger partial charge in [0, 0.05) is 23.0 Å². The Morgan fingerprint density at radius 2 is 2.10 bits per heavy atom. The van der Waals surface area contributed by atoms with Crippen LogP contribution in [-0.2, 0) is 11.3 Å². The van der Waals surface area contributed by atoms with E-state index in [9.17, 15) is 9.50 Å². The van der Waals surface area contributed by atoms with Crippen LogP contribution < -0.4 is 5.32 Å². The molecule has 0 spiro atoms. The van der Waals surface area contributed by atoms with Crippen LogP contribution in [0.1, 0.15) is 23.4 Å². The first-order valence-corrected chi connectivity index (χ1v) is 7.81. The zero-order valence-electron chi connectivity index (χ0n) is 12.0. The minimum absolute atomic E-state index is 0.154. The Hall–Kier alpha value is -1.27. The fourth-order valence-corrected chi connectivity index (χ4v) is 2.64. The highest BCUT2D eigenvalue weighted by Crippen LogP contribution is 2.15. The number of rotatable bonds is 8.